The van der Waals surface area contributed by atoms with Crippen molar-refractivity contribution < 1.29 is 13.9 Å². The number of hydrogen-bond acceptors (Lipinski definition) is 10. The van der Waals surface area contributed by atoms with Crippen LogP contribution >= 0.6 is 0 Å². The number of halogens is 1. The summed E-state index contributed by atoms with van der Waals surface area (Å²) >= 11 is 0. The molecule has 2 aromatic rings. The van der Waals surface area contributed by atoms with Crippen molar-refractivity contribution in [1.82, 2.24) is 34.7 Å². The third-order valence-corrected chi connectivity index (χ3v) is 8.79. The summed E-state index contributed by atoms with van der Waals surface area (Å²) in [5, 5.41) is 14.6. The van der Waals surface area contributed by atoms with Crippen LogP contribution in [0.25, 0.3) is 5.70 Å². The molecule has 13 heteroatoms. The second-order valence-electron chi connectivity index (χ2n) is 12.3. The van der Waals surface area contributed by atoms with Crippen molar-refractivity contribution >= 4 is 17.5 Å². The van der Waals surface area contributed by atoms with Crippen LogP contribution in [0.2, 0.25) is 0 Å². The first-order valence-corrected chi connectivity index (χ1v) is 14.7. The van der Waals surface area contributed by atoms with Crippen molar-refractivity contribution in [2.75, 3.05) is 30.4 Å². The minimum Gasteiger partial charge on any atom is -0.381 e. The molecule has 4 atom stereocenters. The fraction of sp³-hybridized carbons (Fsp3) is 0.679. The topological polar surface area (TPSA) is 124 Å². The largest absolute Gasteiger partial charge is 0.381 e. The quantitative estimate of drug-likeness (QED) is 0.514. The van der Waals surface area contributed by atoms with Crippen molar-refractivity contribution in [2.24, 2.45) is 13.0 Å². The first kappa shape index (κ1) is 28.0. The number of nitrogens with one attached hydrogen (secondary N) is 2. The first-order valence-electron chi connectivity index (χ1n) is 14.7. The summed E-state index contributed by atoms with van der Waals surface area (Å²) in [5.74, 6) is -0.142. The molecule has 6 rings (SSSR count). The van der Waals surface area contributed by atoms with Gasteiger partial charge in [0.25, 0.3) is 0 Å². The van der Waals surface area contributed by atoms with E-state index in [0.29, 0.717) is 30.6 Å². The number of aromatic nitrogens is 6. The van der Waals surface area contributed by atoms with Gasteiger partial charge in [-0.2, -0.15) is 14.3 Å². The van der Waals surface area contributed by atoms with E-state index in [1.54, 1.807) is 13.1 Å². The fourth-order valence-electron chi connectivity index (χ4n) is 6.85. The lowest BCUT2D eigenvalue weighted by Gasteiger charge is -2.47. The van der Waals surface area contributed by atoms with Crippen molar-refractivity contribution in [1.29, 1.82) is 0 Å². The molecule has 0 radical (unpaired) electrons. The monoisotopic (exact) mass is 569 g/mol. The predicted octanol–water partition coefficient (Wildman–Crippen LogP) is 2.77. The zero-order chi connectivity index (χ0) is 28.7. The van der Waals surface area contributed by atoms with E-state index < -0.39 is 11.9 Å². The van der Waals surface area contributed by atoms with Crippen molar-refractivity contribution in [3.05, 3.63) is 40.3 Å². The molecule has 12 nitrogen and oxygen atoms in total. The van der Waals surface area contributed by atoms with E-state index in [0.717, 1.165) is 32.2 Å². The van der Waals surface area contributed by atoms with E-state index >= 15 is 0 Å². The van der Waals surface area contributed by atoms with Gasteiger partial charge in [-0.25, -0.2) is 14.2 Å². The Kier molecular flexibility index (Phi) is 7.68. The van der Waals surface area contributed by atoms with Crippen LogP contribution in [0.1, 0.15) is 59.3 Å². The normalized spacial score (nSPS) is 28.6. The van der Waals surface area contributed by atoms with Crippen LogP contribution in [-0.2, 0) is 16.5 Å². The number of ether oxygens (including phenoxy) is 2. The van der Waals surface area contributed by atoms with Crippen LogP contribution in [0.15, 0.2) is 28.8 Å². The molecule has 222 valence electrons. The minimum absolute atomic E-state index is 0.0185. The zero-order valence-electron chi connectivity index (χ0n) is 24.2. The minimum atomic E-state index is -0.486. The van der Waals surface area contributed by atoms with E-state index in [1.807, 2.05) is 13.0 Å². The SMILES string of the molecule is CC1C=C(Nc2ncc(F)c(NC3CC4CCCN4C(C)(C)C3)n2)C=C(n2nnn(C)c2=O)C1OC1CCOCC1. The number of nitrogens with zero attached hydrogens (tertiary/aromatic N) is 7. The molecule has 0 spiro atoms. The van der Waals surface area contributed by atoms with Crippen molar-refractivity contribution in [3.8, 4) is 0 Å². The maximum absolute atomic E-state index is 14.9. The lowest BCUT2D eigenvalue weighted by Crippen LogP contribution is -2.55. The van der Waals surface area contributed by atoms with Gasteiger partial charge in [0, 0.05) is 49.5 Å². The van der Waals surface area contributed by atoms with E-state index in [1.165, 1.54) is 28.4 Å². The van der Waals surface area contributed by atoms with Crippen LogP contribution in [0.5, 0.6) is 0 Å². The molecule has 3 saturated heterocycles. The molecule has 4 unspecified atom stereocenters. The molecule has 5 heterocycles. The average molecular weight is 570 g/mol. The molecule has 0 aromatic carbocycles. The number of rotatable bonds is 7. The molecule has 4 aliphatic rings. The Hall–Kier alpha value is -3.16. The molecular formula is C28H40FN9O3. The molecule has 3 aliphatic heterocycles. The van der Waals surface area contributed by atoms with Gasteiger partial charge in [-0.05, 0) is 75.4 Å². The zero-order valence-corrected chi connectivity index (χ0v) is 24.2. The van der Waals surface area contributed by atoms with Gasteiger partial charge in [0.1, 0.15) is 6.10 Å². The Bertz CT molecular complexity index is 1380. The third kappa shape index (κ3) is 5.80. The van der Waals surface area contributed by atoms with Gasteiger partial charge in [-0.1, -0.05) is 13.0 Å². The van der Waals surface area contributed by atoms with E-state index in [2.05, 4.69) is 49.8 Å². The van der Waals surface area contributed by atoms with Gasteiger partial charge < -0.3 is 20.1 Å². The average Bonchev–Trinajstić information content (AvgIpc) is 3.55. The number of tetrazole rings is 1. The van der Waals surface area contributed by atoms with Crippen molar-refractivity contribution in [2.45, 2.75) is 89.1 Å². The second-order valence-corrected chi connectivity index (χ2v) is 12.3. The number of aryl methyl sites for hydroxylation is 1. The molecular weight excluding hydrogens is 529 g/mol. The Morgan fingerprint density at radius 1 is 1.20 bits per heavy atom. The lowest BCUT2D eigenvalue weighted by atomic mass is 9.84. The third-order valence-electron chi connectivity index (χ3n) is 8.79. The Morgan fingerprint density at radius 3 is 2.76 bits per heavy atom. The molecule has 3 fully saturated rings. The second kappa shape index (κ2) is 11.3. The van der Waals surface area contributed by atoms with E-state index in [4.69, 9.17) is 9.47 Å². The number of anilines is 2. The van der Waals surface area contributed by atoms with Gasteiger partial charge in [-0.3, -0.25) is 4.90 Å². The summed E-state index contributed by atoms with van der Waals surface area (Å²) in [6.07, 6.45) is 10.4. The highest BCUT2D eigenvalue weighted by atomic mass is 19.1. The van der Waals surface area contributed by atoms with E-state index in [9.17, 15) is 9.18 Å². The fourth-order valence-corrected chi connectivity index (χ4v) is 6.85. The molecule has 1 aliphatic carbocycles. The number of hydrogen-bond donors (Lipinski definition) is 2. The molecule has 2 N–H and O–H groups in total. The molecule has 41 heavy (non-hydrogen) atoms. The van der Waals surface area contributed by atoms with Crippen LogP contribution in [0.3, 0.4) is 0 Å². The maximum atomic E-state index is 14.9. The molecule has 0 saturated carbocycles. The lowest BCUT2D eigenvalue weighted by molar-refractivity contribution is -0.0613. The summed E-state index contributed by atoms with van der Waals surface area (Å²) in [6, 6.07) is 0.630. The van der Waals surface area contributed by atoms with Gasteiger partial charge in [0.2, 0.25) is 5.95 Å². The molecule has 0 amide bonds. The number of fused-ring (bicyclic) bond motifs is 1. The molecule has 0 bridgehead atoms. The highest BCUT2D eigenvalue weighted by Crippen LogP contribution is 2.38. The van der Waals surface area contributed by atoms with Crippen molar-refractivity contribution in [3.63, 3.8) is 0 Å². The van der Waals surface area contributed by atoms with Gasteiger partial charge in [0.15, 0.2) is 11.6 Å². The summed E-state index contributed by atoms with van der Waals surface area (Å²) in [6.45, 7) is 8.98. The number of allylic oxidation sites excluding steroid dienone is 1. The standard InChI is InChI=1S/C28H40FN9O3/c1-17-12-18(14-23(38-27(39)36(4)34-35-38)24(17)41-21-7-10-40-11-8-21)32-26-30-16-22(29)25(33-26)31-19-13-20-6-5-9-37(20)28(2,3)15-19/h12,14,16-17,19-21,24H,5-11,13,15H2,1-4H3,(H2,30,31,32,33). The Morgan fingerprint density at radius 2 is 2.00 bits per heavy atom. The summed E-state index contributed by atoms with van der Waals surface area (Å²) in [7, 11) is 1.56. The van der Waals surface area contributed by atoms with Gasteiger partial charge in [-0.15, -0.1) is 0 Å². The smallest absolute Gasteiger partial charge is 0.367 e. The highest BCUT2D eigenvalue weighted by molar-refractivity contribution is 5.61. The van der Waals surface area contributed by atoms with Crippen LogP contribution in [0, 0.1) is 11.7 Å². The van der Waals surface area contributed by atoms with Crippen LogP contribution < -0.4 is 16.3 Å². The summed E-state index contributed by atoms with van der Waals surface area (Å²) < 4.78 is 29.3. The van der Waals surface area contributed by atoms with Gasteiger partial charge in [0.05, 0.1) is 18.0 Å². The molecule has 2 aromatic heterocycles. The van der Waals surface area contributed by atoms with Crippen LogP contribution in [-0.4, -0.2) is 84.2 Å². The maximum Gasteiger partial charge on any atom is 0.367 e. The Labute approximate surface area is 239 Å². The Balaban J connectivity index is 1.22. The summed E-state index contributed by atoms with van der Waals surface area (Å²) in [5.41, 5.74) is 0.909. The van der Waals surface area contributed by atoms with Crippen LogP contribution in [0.4, 0.5) is 16.2 Å². The van der Waals surface area contributed by atoms with E-state index in [-0.39, 0.29) is 41.1 Å². The first-order chi connectivity index (χ1) is 19.7. The van der Waals surface area contributed by atoms with Gasteiger partial charge >= 0.3 is 5.69 Å². The predicted molar refractivity (Wildman–Crippen MR) is 152 cm³/mol. The highest BCUT2D eigenvalue weighted by Gasteiger charge is 2.43. The summed E-state index contributed by atoms with van der Waals surface area (Å²) in [4.78, 5) is 24.1. The number of piperidine rings is 1.